The first-order chi connectivity index (χ1) is 14.6. The van der Waals surface area contributed by atoms with Crippen LogP contribution in [0.25, 0.3) is 0 Å². The van der Waals surface area contributed by atoms with Crippen molar-refractivity contribution in [3.05, 3.63) is 113 Å². The fourth-order valence-corrected chi connectivity index (χ4v) is 12.6. The molecule has 0 aliphatic heterocycles. The van der Waals surface area contributed by atoms with Crippen LogP contribution in [0.4, 0.5) is 0 Å². The van der Waals surface area contributed by atoms with Crippen molar-refractivity contribution in [3.8, 4) is 0 Å². The van der Waals surface area contributed by atoms with Crippen LogP contribution in [0.15, 0.2) is 102 Å². The van der Waals surface area contributed by atoms with E-state index in [9.17, 15) is 4.79 Å². The van der Waals surface area contributed by atoms with E-state index in [1.54, 1.807) is 0 Å². The first kappa shape index (κ1) is 21.0. The Balaban J connectivity index is 2.07. The molecule has 0 amide bonds. The van der Waals surface area contributed by atoms with Gasteiger partial charge in [-0.15, -0.1) is 0 Å². The predicted octanol–water partition coefficient (Wildman–Crippen LogP) is 5.87. The Morgan fingerprint density at radius 1 is 0.800 bits per heavy atom. The van der Waals surface area contributed by atoms with E-state index in [0.717, 1.165) is 5.56 Å². The van der Waals surface area contributed by atoms with Crippen molar-refractivity contribution >= 4 is 54.0 Å². The van der Waals surface area contributed by atoms with Gasteiger partial charge in [0.15, 0.2) is 0 Å². The first-order valence-electron chi connectivity index (χ1n) is 9.62. The van der Waals surface area contributed by atoms with Crippen LogP contribution in [0.1, 0.15) is 15.2 Å². The van der Waals surface area contributed by atoms with Crippen LogP contribution >= 0.6 is 32.1 Å². The maximum atomic E-state index is 12.5. The summed E-state index contributed by atoms with van der Waals surface area (Å²) in [6.45, 7) is 0. The molecule has 0 saturated heterocycles. The van der Waals surface area contributed by atoms with Gasteiger partial charge in [0.1, 0.15) is 0 Å². The Bertz CT molecular complexity index is 1040. The molecule has 0 aliphatic carbocycles. The third kappa shape index (κ3) is 3.43. The van der Waals surface area contributed by atoms with Crippen molar-refractivity contribution in [2.75, 3.05) is 7.11 Å². The monoisotopic (exact) mass is 496 g/mol. The molecule has 3 aromatic carbocycles. The van der Waals surface area contributed by atoms with E-state index in [1.807, 2.05) is 23.6 Å². The van der Waals surface area contributed by atoms with Crippen LogP contribution in [0, 0.1) is 0 Å². The number of thiophene rings is 1. The zero-order valence-corrected chi connectivity index (χ0v) is 19.9. The first-order valence-corrected chi connectivity index (χ1v) is 14.9. The Labute approximate surface area is 189 Å². The normalized spacial score (nSPS) is 12.7. The second-order valence-electron chi connectivity index (χ2n) is 7.11. The van der Waals surface area contributed by atoms with Crippen LogP contribution in [-0.2, 0) is 10.9 Å². The number of carbonyl (C=O) groups excluding carboxylic acids is 1. The predicted molar refractivity (Wildman–Crippen MR) is 133 cm³/mol. The summed E-state index contributed by atoms with van der Waals surface area (Å²) in [6, 6.07) is 33.8. The zero-order chi connectivity index (χ0) is 21.1. The van der Waals surface area contributed by atoms with Crippen molar-refractivity contribution in [1.82, 2.24) is 0 Å². The minimum atomic E-state index is -3.13. The van der Waals surface area contributed by atoms with Crippen molar-refractivity contribution in [3.63, 3.8) is 0 Å². The number of hydrogen-bond acceptors (Lipinski definition) is 3. The Hall–Kier alpha value is -2.26. The molecule has 152 valence electrons. The topological polar surface area (TPSA) is 26.3 Å². The summed E-state index contributed by atoms with van der Waals surface area (Å²) in [7, 11) is 1.44. The van der Waals surface area contributed by atoms with Crippen LogP contribution < -0.4 is 15.9 Å². The summed E-state index contributed by atoms with van der Waals surface area (Å²) in [5, 5.41) is 2.52. The number of carbonyl (C=O) groups is 1. The molecule has 0 spiro atoms. The summed E-state index contributed by atoms with van der Waals surface area (Å²) in [5.41, 5.74) is 0.998. The number of esters is 1. The molecule has 1 aromatic heterocycles. The van der Waals surface area contributed by atoms with Gasteiger partial charge in [-0.1, -0.05) is 0 Å². The Kier molecular flexibility index (Phi) is 5.92. The van der Waals surface area contributed by atoms with Crippen molar-refractivity contribution in [1.29, 1.82) is 0 Å². The van der Waals surface area contributed by atoms with Gasteiger partial charge in [0.25, 0.3) is 0 Å². The summed E-state index contributed by atoms with van der Waals surface area (Å²) >= 11 is 5.86. The van der Waals surface area contributed by atoms with E-state index in [1.165, 1.54) is 34.4 Å². The molecule has 4 aromatic rings. The average Bonchev–Trinajstić information content (AvgIpc) is 3.28. The van der Waals surface area contributed by atoms with E-state index < -0.39 is 5.31 Å². The standard InChI is InChI=1S/C25H22BrO2PS/c1-28-25(27)24-20(17-18-30-24)19-29(26,21-11-5-2-6-12-21,22-13-7-3-8-14-22)23-15-9-4-10-16-23/h2-18H,19H2,1H3. The minimum absolute atomic E-state index is 0.285. The van der Waals surface area contributed by atoms with E-state index >= 15 is 0 Å². The van der Waals surface area contributed by atoms with Gasteiger partial charge in [-0.25, -0.2) is 0 Å². The molecular formula is C25H22BrO2PS. The van der Waals surface area contributed by atoms with Crippen molar-refractivity contribution < 1.29 is 9.53 Å². The molecule has 5 heteroatoms. The molecule has 1 heterocycles. The second kappa shape index (κ2) is 8.47. The Morgan fingerprint density at radius 2 is 1.23 bits per heavy atom. The van der Waals surface area contributed by atoms with Gasteiger partial charge in [-0.3, -0.25) is 0 Å². The Morgan fingerprint density at radius 3 is 1.63 bits per heavy atom. The van der Waals surface area contributed by atoms with Gasteiger partial charge in [0.2, 0.25) is 0 Å². The van der Waals surface area contributed by atoms with Gasteiger partial charge < -0.3 is 0 Å². The molecule has 0 fully saturated rings. The van der Waals surface area contributed by atoms with E-state index in [-0.39, 0.29) is 5.97 Å². The van der Waals surface area contributed by atoms with E-state index in [2.05, 4.69) is 94.4 Å². The number of methoxy groups -OCH3 is 1. The van der Waals surface area contributed by atoms with Gasteiger partial charge in [0.05, 0.1) is 0 Å². The number of halogens is 1. The molecule has 0 aliphatic rings. The molecule has 2 nitrogen and oxygen atoms in total. The molecule has 0 atom stereocenters. The average molecular weight is 497 g/mol. The number of benzene rings is 3. The molecule has 30 heavy (non-hydrogen) atoms. The maximum absolute atomic E-state index is 12.5. The molecule has 0 N–H and O–H groups in total. The molecule has 0 unspecified atom stereocenters. The van der Waals surface area contributed by atoms with Crippen LogP contribution in [-0.4, -0.2) is 13.1 Å². The van der Waals surface area contributed by atoms with Gasteiger partial charge in [0, 0.05) is 0 Å². The van der Waals surface area contributed by atoms with E-state index in [4.69, 9.17) is 4.74 Å². The summed E-state index contributed by atoms with van der Waals surface area (Å²) in [5.74, 6) is -0.285. The zero-order valence-electron chi connectivity index (χ0n) is 16.6. The fraction of sp³-hybridized carbons (Fsp3) is 0.0800. The SMILES string of the molecule is COC(=O)c1sccc1CP(Br)(c1ccccc1)(c1ccccc1)c1ccccc1. The number of rotatable bonds is 6. The van der Waals surface area contributed by atoms with Crippen LogP contribution in [0.2, 0.25) is 0 Å². The molecule has 4 rings (SSSR count). The van der Waals surface area contributed by atoms with Crippen LogP contribution in [0.3, 0.4) is 0 Å². The molecule has 0 saturated carbocycles. The van der Waals surface area contributed by atoms with E-state index in [0.29, 0.717) is 11.0 Å². The number of hydrogen-bond donors (Lipinski definition) is 0. The summed E-state index contributed by atoms with van der Waals surface area (Å²) in [6.07, 6.45) is 0.678. The second-order valence-corrected chi connectivity index (χ2v) is 17.0. The van der Waals surface area contributed by atoms with Gasteiger partial charge in [-0.05, 0) is 0 Å². The third-order valence-electron chi connectivity index (χ3n) is 5.47. The number of ether oxygens (including phenoxy) is 1. The quantitative estimate of drug-likeness (QED) is 0.246. The molecular weight excluding hydrogens is 475 g/mol. The molecule has 0 radical (unpaired) electrons. The van der Waals surface area contributed by atoms with Gasteiger partial charge >= 0.3 is 190 Å². The molecule has 0 bridgehead atoms. The van der Waals surface area contributed by atoms with Gasteiger partial charge in [-0.2, -0.15) is 0 Å². The van der Waals surface area contributed by atoms with Crippen molar-refractivity contribution in [2.24, 2.45) is 0 Å². The third-order valence-corrected chi connectivity index (χ3v) is 15.9. The van der Waals surface area contributed by atoms with Crippen LogP contribution in [0.5, 0.6) is 0 Å². The fourth-order valence-electron chi connectivity index (χ4n) is 3.99. The van der Waals surface area contributed by atoms with Crippen molar-refractivity contribution in [2.45, 2.75) is 6.16 Å². The summed E-state index contributed by atoms with van der Waals surface area (Å²) < 4.78 is 5.07. The summed E-state index contributed by atoms with van der Waals surface area (Å²) in [4.78, 5) is 13.1.